The summed E-state index contributed by atoms with van der Waals surface area (Å²) in [7, 11) is 0. The summed E-state index contributed by atoms with van der Waals surface area (Å²) < 4.78 is 0. The largest absolute Gasteiger partial charge is 0.671 e. The monoisotopic (exact) mass is 101 g/mol. The van der Waals surface area contributed by atoms with E-state index in [0.717, 1.165) is 0 Å². The van der Waals surface area contributed by atoms with Crippen LogP contribution in [0.25, 0.3) is 4.98 Å². The highest BCUT2D eigenvalue weighted by Crippen LogP contribution is 1.68. The molecule has 7 heavy (non-hydrogen) atoms. The Kier molecular flexibility index (Phi) is 1.48. The summed E-state index contributed by atoms with van der Waals surface area (Å²) in [6, 6.07) is 0. The van der Waals surface area contributed by atoms with Crippen molar-refractivity contribution in [3.8, 4) is 0 Å². The van der Waals surface area contributed by atoms with Crippen LogP contribution in [0.2, 0.25) is 0 Å². The fraction of sp³-hybridized carbons (Fsp3) is 0. The Morgan fingerprint density at radius 3 is 2.00 bits per heavy atom. The molecule has 0 aromatic rings. The van der Waals surface area contributed by atoms with E-state index in [0.29, 0.717) is 0 Å². The number of aliphatic carboxylic acids is 1. The molecule has 0 spiro atoms. The molecule has 0 aliphatic rings. The Morgan fingerprint density at radius 2 is 2.00 bits per heavy atom. The van der Waals surface area contributed by atoms with Crippen LogP contribution in [0.15, 0.2) is 0 Å². The highest BCUT2D eigenvalue weighted by molar-refractivity contribution is 6.35. The van der Waals surface area contributed by atoms with Crippen molar-refractivity contribution in [3.63, 3.8) is 0 Å². The maximum absolute atomic E-state index is 9.50. The van der Waals surface area contributed by atoms with Crippen LogP contribution in [-0.2, 0) is 9.59 Å². The van der Waals surface area contributed by atoms with Crippen LogP contribution in [-0.4, -0.2) is 17.0 Å². The van der Waals surface area contributed by atoms with Crippen molar-refractivity contribution in [1.29, 1.82) is 5.39 Å². The van der Waals surface area contributed by atoms with Crippen molar-refractivity contribution in [3.05, 3.63) is 4.98 Å². The van der Waals surface area contributed by atoms with Crippen molar-refractivity contribution in [2.24, 2.45) is 0 Å². The zero-order chi connectivity index (χ0) is 5.86. The van der Waals surface area contributed by atoms with Gasteiger partial charge in [0.05, 0.1) is 0 Å². The summed E-state index contributed by atoms with van der Waals surface area (Å²) >= 11 is 0. The topological polar surface area (TPSA) is 82.5 Å². The molecule has 0 atom stereocenters. The molecule has 0 heterocycles. The first-order chi connectivity index (χ1) is 3.18. The number of carboxylic acid groups (broad SMARTS) is 1. The Morgan fingerprint density at radius 1 is 1.57 bits per heavy atom. The molecule has 1 N–H and O–H groups in total. The lowest BCUT2D eigenvalue weighted by Gasteiger charge is -1.58. The molecule has 0 saturated carbocycles. The third kappa shape index (κ3) is 1.44. The number of hydrogen-bond acceptors (Lipinski definition) is 3. The fourth-order valence-electron chi connectivity index (χ4n) is 0.0428. The SMILES string of the molecule is N#[N+]C(=O)C(=O)O. The van der Waals surface area contributed by atoms with Crippen LogP contribution in [0.3, 0.4) is 0 Å². The van der Waals surface area contributed by atoms with Gasteiger partial charge in [-0.05, 0) is 0 Å². The minimum atomic E-state index is -1.76. The Hall–Kier alpha value is -1.44. The number of rotatable bonds is 0. The van der Waals surface area contributed by atoms with Crippen molar-refractivity contribution in [2.45, 2.75) is 0 Å². The van der Waals surface area contributed by atoms with E-state index >= 15 is 0 Å². The maximum atomic E-state index is 9.50. The number of nitrogens with zero attached hydrogens (tertiary/aromatic N) is 2. The maximum Gasteiger partial charge on any atom is 0.671 e. The molecule has 1 amide bonds. The van der Waals surface area contributed by atoms with Crippen LogP contribution in [0.5, 0.6) is 0 Å². The third-order valence-corrected chi connectivity index (χ3v) is 0.274. The van der Waals surface area contributed by atoms with Gasteiger partial charge in [0.15, 0.2) is 0 Å². The van der Waals surface area contributed by atoms with Gasteiger partial charge in [-0.2, -0.15) is 4.79 Å². The van der Waals surface area contributed by atoms with Crippen LogP contribution in [0, 0.1) is 5.39 Å². The quantitative estimate of drug-likeness (QED) is 0.328. The predicted octanol–water partition coefficient (Wildman–Crippen LogP) is -0.549. The Labute approximate surface area is 38.2 Å². The van der Waals surface area contributed by atoms with Gasteiger partial charge >= 0.3 is 11.9 Å². The van der Waals surface area contributed by atoms with E-state index in [2.05, 4.69) is 0 Å². The number of carbonyl (C=O) groups is 2. The zero-order valence-corrected chi connectivity index (χ0v) is 3.16. The Balaban J connectivity index is 3.90. The number of amides is 1. The lowest BCUT2D eigenvalue weighted by molar-refractivity contribution is -0.146. The highest BCUT2D eigenvalue weighted by atomic mass is 16.4. The minimum Gasteiger partial charge on any atom is -0.469 e. The normalized spacial score (nSPS) is 6.71. The lowest BCUT2D eigenvalue weighted by Crippen LogP contribution is -2.05. The summed E-state index contributed by atoms with van der Waals surface area (Å²) in [5.41, 5.74) is 0. The summed E-state index contributed by atoms with van der Waals surface area (Å²) in [5, 5.41) is 15.0. The summed E-state index contributed by atoms with van der Waals surface area (Å²) in [6.45, 7) is 0. The molecule has 0 aliphatic carbocycles. The van der Waals surface area contributed by atoms with Gasteiger partial charge in [-0.1, -0.05) is 0 Å². The first-order valence-electron chi connectivity index (χ1n) is 1.31. The van der Waals surface area contributed by atoms with E-state index < -0.39 is 11.9 Å². The molecular formula is C2HN2O3+. The van der Waals surface area contributed by atoms with E-state index in [4.69, 9.17) is 10.5 Å². The van der Waals surface area contributed by atoms with Crippen molar-refractivity contribution >= 4 is 11.9 Å². The van der Waals surface area contributed by atoms with E-state index in [1.165, 1.54) is 0 Å². The van der Waals surface area contributed by atoms with Gasteiger partial charge in [-0.15, -0.1) is 0 Å². The first-order valence-corrected chi connectivity index (χ1v) is 1.31. The second-order valence-electron chi connectivity index (χ2n) is 0.710. The van der Waals surface area contributed by atoms with Crippen molar-refractivity contribution in [2.75, 3.05) is 0 Å². The lowest BCUT2D eigenvalue weighted by atomic mass is 10.7. The van der Waals surface area contributed by atoms with Gasteiger partial charge in [-0.25, -0.2) is 4.79 Å². The van der Waals surface area contributed by atoms with E-state index in [1.54, 1.807) is 0 Å². The molecule has 5 nitrogen and oxygen atoms in total. The molecule has 5 heteroatoms. The Bertz CT molecular complexity index is 144. The molecule has 0 unspecified atom stereocenters. The summed E-state index contributed by atoms with van der Waals surface area (Å²) in [6.07, 6.45) is 0. The highest BCUT2D eigenvalue weighted by Gasteiger charge is 2.25. The fourth-order valence-corrected chi connectivity index (χ4v) is 0.0428. The van der Waals surface area contributed by atoms with Crippen molar-refractivity contribution in [1.82, 2.24) is 0 Å². The van der Waals surface area contributed by atoms with Gasteiger partial charge in [0, 0.05) is 0 Å². The van der Waals surface area contributed by atoms with E-state index in [9.17, 15) is 9.59 Å². The first kappa shape index (κ1) is 5.56. The van der Waals surface area contributed by atoms with E-state index in [-0.39, 0.29) is 0 Å². The van der Waals surface area contributed by atoms with E-state index in [1.807, 2.05) is 4.98 Å². The van der Waals surface area contributed by atoms with Crippen molar-refractivity contribution < 1.29 is 14.7 Å². The second-order valence-corrected chi connectivity index (χ2v) is 0.710. The smallest absolute Gasteiger partial charge is 0.469 e. The average Bonchev–Trinajstić information content (AvgIpc) is 1.65. The second kappa shape index (κ2) is 1.87. The van der Waals surface area contributed by atoms with Crippen LogP contribution in [0.4, 0.5) is 0 Å². The molecule has 0 aromatic heterocycles. The van der Waals surface area contributed by atoms with Gasteiger partial charge in [0.25, 0.3) is 0 Å². The number of carbonyl (C=O) groups excluding carboxylic acids is 1. The summed E-state index contributed by atoms with van der Waals surface area (Å²) in [5.74, 6) is -3.32. The number of carboxylic acids is 1. The van der Waals surface area contributed by atoms with Crippen LogP contribution in [0.1, 0.15) is 0 Å². The molecule has 0 rings (SSSR count). The number of hydrogen-bond donors (Lipinski definition) is 1. The minimum absolute atomic E-state index is 1.56. The van der Waals surface area contributed by atoms with Crippen LogP contribution >= 0.6 is 0 Å². The van der Waals surface area contributed by atoms with Gasteiger partial charge in [-0.3, -0.25) is 0 Å². The van der Waals surface area contributed by atoms with Gasteiger partial charge < -0.3 is 5.11 Å². The molecular weight excluding hydrogens is 100 g/mol. The molecule has 36 valence electrons. The predicted molar refractivity (Wildman–Crippen MR) is 17.7 cm³/mol. The average molecular weight is 101 g/mol. The zero-order valence-electron chi connectivity index (χ0n) is 3.16. The molecule has 0 bridgehead atoms. The number of diazo groups is 1. The molecule has 0 radical (unpaired) electrons. The molecule has 0 aromatic carbocycles. The molecule has 0 aliphatic heterocycles. The summed E-state index contributed by atoms with van der Waals surface area (Å²) in [4.78, 5) is 20.7. The van der Waals surface area contributed by atoms with Gasteiger partial charge in [0.2, 0.25) is 10.4 Å². The van der Waals surface area contributed by atoms with Gasteiger partial charge in [0.1, 0.15) is 0 Å². The molecule has 0 fully saturated rings. The molecule has 0 saturated heterocycles. The standard InChI is InChI=1S/C2N2O3/c3-4-1(5)2(6)7/p+1. The van der Waals surface area contributed by atoms with Crippen LogP contribution < -0.4 is 0 Å². The third-order valence-electron chi connectivity index (χ3n) is 0.274.